The number of nitrogens with zero attached hydrogens (tertiary/aromatic N) is 5. The highest BCUT2D eigenvalue weighted by atomic mass is 16.2. The van der Waals surface area contributed by atoms with Crippen molar-refractivity contribution in [2.75, 3.05) is 6.54 Å². The average molecular weight is 318 g/mol. The Bertz CT molecular complexity index is 886. The highest BCUT2D eigenvalue weighted by Crippen LogP contribution is 2.29. The molecule has 2 heterocycles. The molecular formula is C17H14N6O. The molecule has 0 bridgehead atoms. The molecule has 3 aromatic rings. The fourth-order valence-electron chi connectivity index (χ4n) is 2.70. The fraction of sp³-hybridized carbons (Fsp3) is 0.118. The summed E-state index contributed by atoms with van der Waals surface area (Å²) in [4.78, 5) is 17.2. The first-order chi connectivity index (χ1) is 11.8. The molecule has 0 unspecified atom stereocenters. The third-order valence-corrected chi connectivity index (χ3v) is 3.91. The largest absolute Gasteiger partial charge is 0.297 e. The number of hydrogen-bond donors (Lipinski definition) is 1. The molecule has 0 spiro atoms. The van der Waals surface area contributed by atoms with Crippen LogP contribution in [0.25, 0.3) is 22.5 Å². The summed E-state index contributed by atoms with van der Waals surface area (Å²) in [6.07, 6.45) is 1.60. The van der Waals surface area contributed by atoms with Crippen LogP contribution >= 0.6 is 0 Å². The molecule has 7 nitrogen and oxygen atoms in total. The number of H-pyrrole nitrogens is 1. The van der Waals surface area contributed by atoms with Crippen LogP contribution in [-0.2, 0) is 11.3 Å². The van der Waals surface area contributed by atoms with E-state index in [2.05, 4.69) is 25.6 Å². The van der Waals surface area contributed by atoms with Crippen molar-refractivity contribution < 1.29 is 4.79 Å². The summed E-state index contributed by atoms with van der Waals surface area (Å²) in [5.41, 5.74) is 4.10. The summed E-state index contributed by atoms with van der Waals surface area (Å²) in [6.45, 7) is 0.785. The molecule has 1 amide bonds. The zero-order valence-electron chi connectivity index (χ0n) is 12.8. The van der Waals surface area contributed by atoms with E-state index in [1.807, 2.05) is 48.5 Å². The van der Waals surface area contributed by atoms with Gasteiger partial charge in [-0.1, -0.05) is 48.5 Å². The molecule has 24 heavy (non-hydrogen) atoms. The van der Waals surface area contributed by atoms with Crippen LogP contribution < -0.4 is 0 Å². The summed E-state index contributed by atoms with van der Waals surface area (Å²) in [6, 6.07) is 16.1. The van der Waals surface area contributed by atoms with Crippen molar-refractivity contribution in [3.63, 3.8) is 0 Å². The molecule has 7 heteroatoms. The number of aliphatic imine (C=N–C) groups is 1. The van der Waals surface area contributed by atoms with Gasteiger partial charge in [0.05, 0.1) is 12.9 Å². The van der Waals surface area contributed by atoms with E-state index in [9.17, 15) is 4.79 Å². The number of aromatic amines is 1. The van der Waals surface area contributed by atoms with E-state index < -0.39 is 0 Å². The molecule has 2 aromatic carbocycles. The summed E-state index contributed by atoms with van der Waals surface area (Å²) in [5, 5.41) is 14.1. The molecule has 0 saturated carbocycles. The Hall–Kier alpha value is -3.35. The molecular weight excluding hydrogens is 304 g/mol. The van der Waals surface area contributed by atoms with Crippen LogP contribution in [0.4, 0.5) is 0 Å². The minimum atomic E-state index is 0.0299. The van der Waals surface area contributed by atoms with E-state index in [1.165, 1.54) is 0 Å². The maximum absolute atomic E-state index is 11.6. The quantitative estimate of drug-likeness (QED) is 0.796. The Kier molecular flexibility index (Phi) is 3.59. The van der Waals surface area contributed by atoms with Gasteiger partial charge < -0.3 is 0 Å². The lowest BCUT2D eigenvalue weighted by Crippen LogP contribution is -2.25. The van der Waals surface area contributed by atoms with E-state index in [1.54, 1.807) is 11.2 Å². The van der Waals surface area contributed by atoms with Crippen molar-refractivity contribution in [2.45, 2.75) is 6.54 Å². The van der Waals surface area contributed by atoms with Crippen molar-refractivity contribution in [1.29, 1.82) is 0 Å². The number of carbonyl (C=O) groups excluding carboxylic acids is 1. The second-order valence-corrected chi connectivity index (χ2v) is 5.47. The summed E-state index contributed by atoms with van der Waals surface area (Å²) in [7, 11) is 0. The van der Waals surface area contributed by atoms with Gasteiger partial charge in [0, 0.05) is 5.56 Å². The second kappa shape index (κ2) is 6.04. The van der Waals surface area contributed by atoms with Crippen molar-refractivity contribution >= 4 is 12.2 Å². The first-order valence-electron chi connectivity index (χ1n) is 7.53. The van der Waals surface area contributed by atoms with Crippen molar-refractivity contribution in [2.24, 2.45) is 4.99 Å². The summed E-state index contributed by atoms with van der Waals surface area (Å²) >= 11 is 0. The normalized spacial score (nSPS) is 13.7. The highest BCUT2D eigenvalue weighted by Gasteiger charge is 2.16. The van der Waals surface area contributed by atoms with Crippen molar-refractivity contribution in [1.82, 2.24) is 25.5 Å². The third-order valence-electron chi connectivity index (χ3n) is 3.91. The number of nitrogens with one attached hydrogen (secondary N) is 1. The second-order valence-electron chi connectivity index (χ2n) is 5.47. The number of aromatic nitrogens is 4. The fourth-order valence-corrected chi connectivity index (χ4v) is 2.70. The van der Waals surface area contributed by atoms with Crippen LogP contribution in [0.3, 0.4) is 0 Å². The van der Waals surface area contributed by atoms with E-state index in [4.69, 9.17) is 0 Å². The van der Waals surface area contributed by atoms with Crippen LogP contribution in [0.15, 0.2) is 53.5 Å². The van der Waals surface area contributed by atoms with Crippen molar-refractivity contribution in [3.8, 4) is 22.5 Å². The zero-order chi connectivity index (χ0) is 16.4. The van der Waals surface area contributed by atoms with Gasteiger partial charge in [0.15, 0.2) is 5.82 Å². The molecule has 0 radical (unpaired) electrons. The van der Waals surface area contributed by atoms with E-state index in [-0.39, 0.29) is 12.5 Å². The van der Waals surface area contributed by atoms with Gasteiger partial charge in [-0.3, -0.25) is 14.7 Å². The van der Waals surface area contributed by atoms with Gasteiger partial charge in [0.1, 0.15) is 6.54 Å². The van der Waals surface area contributed by atoms with Gasteiger partial charge in [-0.05, 0) is 27.1 Å². The van der Waals surface area contributed by atoms with Crippen LogP contribution in [0.2, 0.25) is 0 Å². The van der Waals surface area contributed by atoms with Gasteiger partial charge in [0.2, 0.25) is 5.91 Å². The third kappa shape index (κ3) is 2.67. The number of rotatable bonds is 4. The lowest BCUT2D eigenvalue weighted by Gasteiger charge is -2.13. The van der Waals surface area contributed by atoms with Gasteiger partial charge in [-0.2, -0.15) is 0 Å². The molecule has 0 aliphatic carbocycles. The topological polar surface area (TPSA) is 87.1 Å². The van der Waals surface area contributed by atoms with Crippen LogP contribution in [0.5, 0.6) is 0 Å². The average Bonchev–Trinajstić information content (AvgIpc) is 3.28. The lowest BCUT2D eigenvalue weighted by atomic mass is 9.98. The molecule has 1 aliphatic rings. The number of hydrogen-bond acceptors (Lipinski definition) is 5. The number of tetrazole rings is 1. The number of benzene rings is 2. The van der Waals surface area contributed by atoms with Crippen LogP contribution in [-0.4, -0.2) is 44.3 Å². The Morgan fingerprint density at radius 3 is 2.50 bits per heavy atom. The maximum Gasteiger partial charge on any atom is 0.249 e. The highest BCUT2D eigenvalue weighted by molar-refractivity contribution is 5.93. The monoisotopic (exact) mass is 318 g/mol. The number of amides is 1. The van der Waals surface area contributed by atoms with E-state index in [0.717, 1.165) is 22.3 Å². The zero-order valence-corrected chi connectivity index (χ0v) is 12.8. The van der Waals surface area contributed by atoms with Crippen LogP contribution in [0.1, 0.15) is 5.56 Å². The first-order valence-corrected chi connectivity index (χ1v) is 7.53. The Morgan fingerprint density at radius 1 is 1.04 bits per heavy atom. The predicted octanol–water partition coefficient (Wildman–Crippen LogP) is 1.90. The Labute approximate surface area is 138 Å². The molecule has 4 rings (SSSR count). The molecule has 1 aliphatic heterocycles. The smallest absolute Gasteiger partial charge is 0.249 e. The molecule has 0 saturated heterocycles. The molecule has 1 aromatic heterocycles. The molecule has 118 valence electrons. The Morgan fingerprint density at radius 2 is 1.83 bits per heavy atom. The molecule has 0 fully saturated rings. The lowest BCUT2D eigenvalue weighted by molar-refractivity contribution is -0.125. The van der Waals surface area contributed by atoms with E-state index >= 15 is 0 Å². The van der Waals surface area contributed by atoms with E-state index in [0.29, 0.717) is 12.4 Å². The van der Waals surface area contributed by atoms with Gasteiger partial charge in [0.25, 0.3) is 0 Å². The minimum absolute atomic E-state index is 0.0299. The predicted molar refractivity (Wildman–Crippen MR) is 89.0 cm³/mol. The summed E-state index contributed by atoms with van der Waals surface area (Å²) in [5.74, 6) is 0.663. The molecule has 1 N–H and O–H groups in total. The van der Waals surface area contributed by atoms with Gasteiger partial charge in [-0.25, -0.2) is 5.10 Å². The first kappa shape index (κ1) is 14.3. The van der Waals surface area contributed by atoms with Gasteiger partial charge in [-0.15, -0.1) is 5.10 Å². The number of carbonyl (C=O) groups is 1. The Balaban J connectivity index is 1.62. The minimum Gasteiger partial charge on any atom is -0.297 e. The SMILES string of the molecule is O=C1CN=CN1Cc1ccc(-c2ccccc2-c2nnn[nH]2)cc1. The van der Waals surface area contributed by atoms with Gasteiger partial charge >= 0.3 is 0 Å². The van der Waals surface area contributed by atoms with Crippen LogP contribution in [0, 0.1) is 0 Å². The summed E-state index contributed by atoms with van der Waals surface area (Å²) < 4.78 is 0. The standard InChI is InChI=1S/C17H14N6O/c24-16-9-18-11-23(16)10-12-5-7-13(8-6-12)14-3-1-2-4-15(14)17-19-21-22-20-17/h1-8,11H,9-10H2,(H,19,20,21,22). The maximum atomic E-state index is 11.6. The molecule has 0 atom stereocenters. The van der Waals surface area contributed by atoms with Crippen molar-refractivity contribution in [3.05, 3.63) is 54.1 Å².